The van der Waals surface area contributed by atoms with Crippen molar-refractivity contribution in [2.24, 2.45) is 0 Å². The van der Waals surface area contributed by atoms with Gasteiger partial charge in [-0.1, -0.05) is 48.5 Å². The van der Waals surface area contributed by atoms with Gasteiger partial charge in [-0.05, 0) is 29.2 Å². The monoisotopic (exact) mass is 465 g/mol. The van der Waals surface area contributed by atoms with Crippen molar-refractivity contribution in [1.29, 1.82) is 0 Å². The predicted octanol–water partition coefficient (Wildman–Crippen LogP) is 3.98. The first-order valence-corrected chi connectivity index (χ1v) is 11.3. The lowest BCUT2D eigenvalue weighted by Crippen LogP contribution is -2.41. The predicted molar refractivity (Wildman–Crippen MR) is 124 cm³/mol. The molecule has 1 heterocycles. The molecular weight excluding hydrogens is 442 g/mol. The number of benzene rings is 2. The highest BCUT2D eigenvalue weighted by Gasteiger charge is 2.29. The van der Waals surface area contributed by atoms with Crippen LogP contribution in [0.2, 0.25) is 0 Å². The van der Waals surface area contributed by atoms with Crippen molar-refractivity contribution in [3.8, 4) is 11.1 Å². The molecule has 2 amide bonds. The van der Waals surface area contributed by atoms with E-state index in [2.05, 4.69) is 22.4 Å². The molecule has 0 radical (unpaired) electrons. The standard InChI is InChI=1S/C24H23N3O5S/c1-14(22(29)30)27(2)21(28)11-15-13-33-23(25-15)26-24(31)32-12-20-18-9-5-3-7-16(18)17-8-4-6-10-19(17)20/h3-10,13-14,20H,11-12H2,1-2H3,(H,29,30)(H,25,26,31). The van der Waals surface area contributed by atoms with E-state index in [4.69, 9.17) is 9.84 Å². The molecule has 9 heteroatoms. The van der Waals surface area contributed by atoms with Crippen molar-refractivity contribution in [3.63, 3.8) is 0 Å². The maximum absolute atomic E-state index is 12.4. The Labute approximate surface area is 194 Å². The topological polar surface area (TPSA) is 109 Å². The van der Waals surface area contributed by atoms with E-state index in [0.29, 0.717) is 10.8 Å². The van der Waals surface area contributed by atoms with Crippen molar-refractivity contribution >= 4 is 34.4 Å². The minimum absolute atomic E-state index is 0.0422. The summed E-state index contributed by atoms with van der Waals surface area (Å²) in [6.07, 6.45) is -0.683. The average molecular weight is 466 g/mol. The van der Waals surface area contributed by atoms with Crippen LogP contribution in [0.3, 0.4) is 0 Å². The fourth-order valence-electron chi connectivity index (χ4n) is 3.83. The maximum Gasteiger partial charge on any atom is 0.413 e. The number of carboxylic acids is 1. The van der Waals surface area contributed by atoms with Crippen LogP contribution < -0.4 is 5.32 Å². The number of hydrogen-bond donors (Lipinski definition) is 2. The molecule has 1 aromatic heterocycles. The number of nitrogens with one attached hydrogen (secondary N) is 1. The molecule has 1 aliphatic rings. The molecule has 1 atom stereocenters. The number of rotatable bonds is 7. The first-order valence-electron chi connectivity index (χ1n) is 10.4. The molecule has 2 N–H and O–H groups in total. The Morgan fingerprint density at radius 3 is 2.33 bits per heavy atom. The van der Waals surface area contributed by atoms with Gasteiger partial charge < -0.3 is 14.7 Å². The molecule has 0 bridgehead atoms. The van der Waals surface area contributed by atoms with Crippen LogP contribution >= 0.6 is 11.3 Å². The van der Waals surface area contributed by atoms with Crippen LogP contribution in [0.25, 0.3) is 11.1 Å². The molecule has 2 aromatic carbocycles. The summed E-state index contributed by atoms with van der Waals surface area (Å²) in [6.45, 7) is 1.62. The van der Waals surface area contributed by atoms with Gasteiger partial charge in [0.1, 0.15) is 12.6 Å². The third kappa shape index (κ3) is 4.73. The fraction of sp³-hybridized carbons (Fsp3) is 0.250. The molecule has 4 rings (SSSR count). The fourth-order valence-corrected chi connectivity index (χ4v) is 4.52. The molecule has 0 aliphatic heterocycles. The molecule has 170 valence electrons. The number of fused-ring (bicyclic) bond motifs is 3. The summed E-state index contributed by atoms with van der Waals surface area (Å²) >= 11 is 1.17. The Bertz CT molecular complexity index is 1160. The van der Waals surface area contributed by atoms with Gasteiger partial charge in [-0.25, -0.2) is 14.6 Å². The highest BCUT2D eigenvalue weighted by atomic mass is 32.1. The van der Waals surface area contributed by atoms with Gasteiger partial charge in [0.05, 0.1) is 12.1 Å². The number of carboxylic acid groups (broad SMARTS) is 1. The maximum atomic E-state index is 12.4. The summed E-state index contributed by atoms with van der Waals surface area (Å²) in [4.78, 5) is 41.1. The molecule has 0 saturated heterocycles. The average Bonchev–Trinajstić information content (AvgIpc) is 3.38. The van der Waals surface area contributed by atoms with Crippen LogP contribution in [0.5, 0.6) is 0 Å². The molecular formula is C24H23N3O5S. The second-order valence-electron chi connectivity index (χ2n) is 7.79. The van der Waals surface area contributed by atoms with Gasteiger partial charge in [-0.3, -0.25) is 10.1 Å². The summed E-state index contributed by atoms with van der Waals surface area (Å²) in [5.41, 5.74) is 5.00. The Morgan fingerprint density at radius 2 is 1.73 bits per heavy atom. The Hall–Kier alpha value is -3.72. The molecule has 0 spiro atoms. The van der Waals surface area contributed by atoms with Crippen LogP contribution in [0.15, 0.2) is 53.9 Å². The molecule has 1 aliphatic carbocycles. The number of aliphatic carboxylic acids is 1. The minimum atomic E-state index is -1.08. The number of ether oxygens (including phenoxy) is 1. The van der Waals surface area contributed by atoms with Crippen molar-refractivity contribution in [2.45, 2.75) is 25.3 Å². The van der Waals surface area contributed by atoms with E-state index < -0.39 is 18.1 Å². The highest BCUT2D eigenvalue weighted by molar-refractivity contribution is 7.13. The molecule has 0 saturated carbocycles. The second kappa shape index (κ2) is 9.41. The van der Waals surface area contributed by atoms with Gasteiger partial charge in [-0.2, -0.15) is 0 Å². The van der Waals surface area contributed by atoms with Crippen molar-refractivity contribution in [1.82, 2.24) is 9.88 Å². The summed E-state index contributed by atoms with van der Waals surface area (Å²) in [5.74, 6) is -1.50. The van der Waals surface area contributed by atoms with Gasteiger partial charge in [0.25, 0.3) is 0 Å². The Balaban J connectivity index is 1.35. The van der Waals surface area contributed by atoms with Gasteiger partial charge in [0.15, 0.2) is 5.13 Å². The van der Waals surface area contributed by atoms with E-state index in [1.807, 2.05) is 36.4 Å². The van der Waals surface area contributed by atoms with Crippen LogP contribution in [-0.2, 0) is 20.7 Å². The Morgan fingerprint density at radius 1 is 1.12 bits per heavy atom. The third-order valence-electron chi connectivity index (χ3n) is 5.77. The van der Waals surface area contributed by atoms with E-state index in [9.17, 15) is 14.4 Å². The van der Waals surface area contributed by atoms with Gasteiger partial charge in [0.2, 0.25) is 5.91 Å². The zero-order valence-electron chi connectivity index (χ0n) is 18.1. The van der Waals surface area contributed by atoms with Gasteiger partial charge >= 0.3 is 12.1 Å². The number of nitrogens with zero attached hydrogens (tertiary/aromatic N) is 2. The van der Waals surface area contributed by atoms with E-state index in [1.165, 1.54) is 25.3 Å². The number of carbonyl (C=O) groups excluding carboxylic acids is 2. The molecule has 33 heavy (non-hydrogen) atoms. The second-order valence-corrected chi connectivity index (χ2v) is 8.65. The number of thiazole rings is 1. The van der Waals surface area contributed by atoms with E-state index >= 15 is 0 Å². The lowest BCUT2D eigenvalue weighted by molar-refractivity contribution is -0.148. The SMILES string of the molecule is CC(C(=O)O)N(C)C(=O)Cc1csc(NC(=O)OCC2c3ccccc3-c3ccccc32)n1. The number of likely N-dealkylation sites (N-methyl/N-ethyl adjacent to an activating group) is 1. The lowest BCUT2D eigenvalue weighted by atomic mass is 9.98. The van der Waals surface area contributed by atoms with Crippen LogP contribution in [0.1, 0.15) is 29.7 Å². The van der Waals surface area contributed by atoms with Crippen molar-refractivity contribution in [3.05, 3.63) is 70.7 Å². The number of anilines is 1. The van der Waals surface area contributed by atoms with Gasteiger partial charge in [-0.15, -0.1) is 11.3 Å². The van der Waals surface area contributed by atoms with Crippen molar-refractivity contribution < 1.29 is 24.2 Å². The zero-order chi connectivity index (χ0) is 23.5. The Kier molecular flexibility index (Phi) is 6.41. The number of carbonyl (C=O) groups is 3. The summed E-state index contributed by atoms with van der Waals surface area (Å²) < 4.78 is 5.51. The molecule has 0 fully saturated rings. The van der Waals surface area contributed by atoms with E-state index in [-0.39, 0.29) is 24.9 Å². The molecule has 8 nitrogen and oxygen atoms in total. The zero-order valence-corrected chi connectivity index (χ0v) is 19.0. The minimum Gasteiger partial charge on any atom is -0.480 e. The van der Waals surface area contributed by atoms with Crippen LogP contribution in [-0.4, -0.2) is 52.7 Å². The van der Waals surface area contributed by atoms with Crippen LogP contribution in [0, 0.1) is 0 Å². The van der Waals surface area contributed by atoms with Gasteiger partial charge in [0, 0.05) is 18.3 Å². The van der Waals surface area contributed by atoms with E-state index in [1.54, 1.807) is 5.38 Å². The molecule has 1 unspecified atom stereocenters. The number of hydrogen-bond acceptors (Lipinski definition) is 6. The van der Waals surface area contributed by atoms with Crippen molar-refractivity contribution in [2.75, 3.05) is 19.0 Å². The normalized spacial score (nSPS) is 13.0. The number of aromatic nitrogens is 1. The third-order valence-corrected chi connectivity index (χ3v) is 6.58. The first-order chi connectivity index (χ1) is 15.8. The molecule has 3 aromatic rings. The smallest absolute Gasteiger partial charge is 0.413 e. The number of amides is 2. The largest absolute Gasteiger partial charge is 0.480 e. The van der Waals surface area contributed by atoms with E-state index in [0.717, 1.165) is 27.2 Å². The quantitative estimate of drug-likeness (QED) is 0.546. The summed E-state index contributed by atoms with van der Waals surface area (Å²) in [6, 6.07) is 15.3. The highest BCUT2D eigenvalue weighted by Crippen LogP contribution is 2.44. The first kappa shape index (κ1) is 22.5. The lowest BCUT2D eigenvalue weighted by Gasteiger charge is -2.20. The summed E-state index contributed by atoms with van der Waals surface area (Å²) in [7, 11) is 1.43. The van der Waals surface area contributed by atoms with Crippen LogP contribution in [0.4, 0.5) is 9.93 Å². The summed E-state index contributed by atoms with van der Waals surface area (Å²) in [5, 5.41) is 13.6.